The molecule has 0 radical (unpaired) electrons. The lowest BCUT2D eigenvalue weighted by molar-refractivity contribution is 0.279. The summed E-state index contributed by atoms with van der Waals surface area (Å²) in [5, 5.41) is 9.39. The number of hydrogen-bond donors (Lipinski definition) is 1. The van der Waals surface area contributed by atoms with Gasteiger partial charge in [0.05, 0.1) is 6.61 Å². The van der Waals surface area contributed by atoms with E-state index in [0.717, 1.165) is 15.9 Å². The predicted octanol–water partition coefficient (Wildman–Crippen LogP) is 3.21. The molecule has 0 saturated carbocycles. The smallest absolute Gasteiger partial charge is 0.134 e. The van der Waals surface area contributed by atoms with E-state index in [0.29, 0.717) is 6.04 Å². The third-order valence-electron chi connectivity index (χ3n) is 3.25. The average molecular weight is 301 g/mol. The molecule has 0 fully saturated rings. The molecule has 17 heavy (non-hydrogen) atoms. The van der Waals surface area contributed by atoms with Gasteiger partial charge in [0.1, 0.15) is 5.82 Å². The molecule has 1 rings (SSSR count). The van der Waals surface area contributed by atoms with Crippen molar-refractivity contribution in [2.45, 2.75) is 40.3 Å². The maximum atomic E-state index is 9.39. The van der Waals surface area contributed by atoms with Crippen LogP contribution >= 0.6 is 15.9 Å². The third kappa shape index (κ3) is 3.42. The van der Waals surface area contributed by atoms with Crippen molar-refractivity contribution in [3.8, 4) is 0 Å². The normalized spacial score (nSPS) is 13.6. The number of nitrogens with zero attached hydrogens (tertiary/aromatic N) is 2. The number of pyridine rings is 1. The molecule has 0 aliphatic rings. The van der Waals surface area contributed by atoms with E-state index in [4.69, 9.17) is 0 Å². The van der Waals surface area contributed by atoms with Crippen molar-refractivity contribution in [3.05, 3.63) is 22.3 Å². The molecule has 1 aromatic rings. The molecule has 1 unspecified atom stereocenters. The maximum Gasteiger partial charge on any atom is 0.134 e. The van der Waals surface area contributed by atoms with Crippen LogP contribution in [0.2, 0.25) is 0 Å². The fourth-order valence-electron chi connectivity index (χ4n) is 1.67. The van der Waals surface area contributed by atoms with Crippen molar-refractivity contribution in [2.24, 2.45) is 5.41 Å². The number of rotatable bonds is 3. The lowest BCUT2D eigenvalue weighted by Gasteiger charge is -2.36. The highest BCUT2D eigenvalue weighted by atomic mass is 79.9. The summed E-state index contributed by atoms with van der Waals surface area (Å²) in [4.78, 5) is 6.53. The first-order chi connectivity index (χ1) is 7.77. The Morgan fingerprint density at radius 2 is 2.06 bits per heavy atom. The third-order valence-corrected chi connectivity index (χ3v) is 3.68. The zero-order valence-corrected chi connectivity index (χ0v) is 12.7. The zero-order valence-electron chi connectivity index (χ0n) is 11.2. The van der Waals surface area contributed by atoms with Gasteiger partial charge in [-0.3, -0.25) is 0 Å². The van der Waals surface area contributed by atoms with Crippen molar-refractivity contribution < 1.29 is 5.11 Å². The first kappa shape index (κ1) is 14.5. The maximum absolute atomic E-state index is 9.39. The van der Waals surface area contributed by atoms with E-state index in [1.54, 1.807) is 6.20 Å². The Morgan fingerprint density at radius 3 is 2.53 bits per heavy atom. The molecule has 0 spiro atoms. The molecule has 0 bridgehead atoms. The lowest BCUT2D eigenvalue weighted by Crippen LogP contribution is -2.40. The van der Waals surface area contributed by atoms with Gasteiger partial charge in [-0.1, -0.05) is 20.8 Å². The van der Waals surface area contributed by atoms with Gasteiger partial charge in [-0.15, -0.1) is 0 Å². The molecular formula is C13H21BrN2O. The van der Waals surface area contributed by atoms with Crippen LogP contribution in [0.15, 0.2) is 16.7 Å². The second-order valence-electron chi connectivity index (χ2n) is 5.45. The first-order valence-corrected chi connectivity index (χ1v) is 6.54. The van der Waals surface area contributed by atoms with Gasteiger partial charge in [0.25, 0.3) is 0 Å². The largest absolute Gasteiger partial charge is 0.392 e. The van der Waals surface area contributed by atoms with Crippen molar-refractivity contribution in [2.75, 3.05) is 11.9 Å². The molecular weight excluding hydrogens is 280 g/mol. The Bertz CT molecular complexity index is 387. The van der Waals surface area contributed by atoms with Gasteiger partial charge in [0, 0.05) is 29.3 Å². The molecule has 4 heteroatoms. The van der Waals surface area contributed by atoms with E-state index in [9.17, 15) is 5.11 Å². The highest BCUT2D eigenvalue weighted by Gasteiger charge is 2.25. The van der Waals surface area contributed by atoms with Crippen LogP contribution < -0.4 is 4.90 Å². The number of aromatic nitrogens is 1. The van der Waals surface area contributed by atoms with Crippen LogP contribution in [0.1, 0.15) is 33.3 Å². The van der Waals surface area contributed by atoms with Crippen LogP contribution in [0.25, 0.3) is 0 Å². The van der Waals surface area contributed by atoms with Gasteiger partial charge in [-0.25, -0.2) is 4.98 Å². The molecule has 96 valence electrons. The van der Waals surface area contributed by atoms with Crippen molar-refractivity contribution in [3.63, 3.8) is 0 Å². The van der Waals surface area contributed by atoms with Gasteiger partial charge < -0.3 is 10.0 Å². The quantitative estimate of drug-likeness (QED) is 0.931. The Kier molecular flexibility index (Phi) is 4.55. The summed E-state index contributed by atoms with van der Waals surface area (Å²) < 4.78 is 0.891. The van der Waals surface area contributed by atoms with E-state index < -0.39 is 0 Å². The summed E-state index contributed by atoms with van der Waals surface area (Å²) in [5.41, 5.74) is 1.01. The number of aliphatic hydroxyl groups is 1. The fraction of sp³-hybridized carbons (Fsp3) is 0.615. The number of halogens is 1. The second kappa shape index (κ2) is 5.36. The minimum atomic E-state index is 0.00295. The number of anilines is 1. The Hall–Kier alpha value is -0.610. The van der Waals surface area contributed by atoms with E-state index in [2.05, 4.69) is 53.5 Å². The summed E-state index contributed by atoms with van der Waals surface area (Å²) in [6.07, 6.45) is 1.76. The molecule has 1 heterocycles. The molecule has 1 N–H and O–H groups in total. The van der Waals surface area contributed by atoms with Crippen LogP contribution in [0.3, 0.4) is 0 Å². The van der Waals surface area contributed by atoms with Crippen LogP contribution in [-0.2, 0) is 6.61 Å². The van der Waals surface area contributed by atoms with Gasteiger partial charge in [0.15, 0.2) is 0 Å². The Balaban J connectivity index is 3.08. The van der Waals surface area contributed by atoms with Gasteiger partial charge in [-0.05, 0) is 34.3 Å². The van der Waals surface area contributed by atoms with Gasteiger partial charge in [-0.2, -0.15) is 0 Å². The van der Waals surface area contributed by atoms with Crippen LogP contribution in [0, 0.1) is 5.41 Å². The summed E-state index contributed by atoms with van der Waals surface area (Å²) in [5.74, 6) is 0.845. The summed E-state index contributed by atoms with van der Waals surface area (Å²) in [7, 11) is 2.02. The van der Waals surface area contributed by atoms with Crippen LogP contribution in [0.5, 0.6) is 0 Å². The van der Waals surface area contributed by atoms with E-state index in [-0.39, 0.29) is 12.0 Å². The van der Waals surface area contributed by atoms with Crippen molar-refractivity contribution >= 4 is 21.7 Å². The summed E-state index contributed by atoms with van der Waals surface area (Å²) in [6.45, 7) is 8.77. The zero-order chi connectivity index (χ0) is 13.2. The van der Waals surface area contributed by atoms with E-state index in [1.165, 1.54) is 0 Å². The second-order valence-corrected chi connectivity index (χ2v) is 6.36. The van der Waals surface area contributed by atoms with E-state index in [1.807, 2.05) is 13.1 Å². The molecule has 1 aromatic heterocycles. The highest BCUT2D eigenvalue weighted by Crippen LogP contribution is 2.29. The SMILES string of the molecule is CC(N(C)c1ncc(Br)cc1CO)C(C)(C)C. The summed E-state index contributed by atoms with van der Waals surface area (Å²) >= 11 is 3.37. The monoisotopic (exact) mass is 300 g/mol. The topological polar surface area (TPSA) is 36.4 Å². The minimum absolute atomic E-state index is 0.00295. The molecule has 1 atom stereocenters. The summed E-state index contributed by atoms with van der Waals surface area (Å²) in [6, 6.07) is 2.25. The molecule has 0 amide bonds. The van der Waals surface area contributed by atoms with Crippen LogP contribution in [0.4, 0.5) is 5.82 Å². The number of hydrogen-bond acceptors (Lipinski definition) is 3. The first-order valence-electron chi connectivity index (χ1n) is 5.75. The minimum Gasteiger partial charge on any atom is -0.392 e. The lowest BCUT2D eigenvalue weighted by atomic mass is 9.87. The fourth-order valence-corrected chi connectivity index (χ4v) is 2.05. The van der Waals surface area contributed by atoms with Gasteiger partial charge in [0.2, 0.25) is 0 Å². The van der Waals surface area contributed by atoms with E-state index >= 15 is 0 Å². The average Bonchev–Trinajstić information content (AvgIpc) is 2.25. The predicted molar refractivity (Wildman–Crippen MR) is 75.2 cm³/mol. The molecule has 0 aliphatic heterocycles. The highest BCUT2D eigenvalue weighted by molar-refractivity contribution is 9.10. The van der Waals surface area contributed by atoms with Crippen molar-refractivity contribution in [1.29, 1.82) is 0 Å². The van der Waals surface area contributed by atoms with Gasteiger partial charge >= 0.3 is 0 Å². The molecule has 0 saturated heterocycles. The molecule has 0 aromatic carbocycles. The molecule has 0 aliphatic carbocycles. The Labute approximate surface area is 112 Å². The standard InChI is InChI=1S/C13H21BrN2O/c1-9(13(2,3)4)16(5)12-10(8-17)6-11(14)7-15-12/h6-7,9,17H,8H2,1-5H3. The van der Waals surface area contributed by atoms with Crippen LogP contribution in [-0.4, -0.2) is 23.2 Å². The molecule has 3 nitrogen and oxygen atoms in total. The number of aliphatic hydroxyl groups excluding tert-OH is 1. The van der Waals surface area contributed by atoms with Crippen molar-refractivity contribution in [1.82, 2.24) is 4.98 Å². The Morgan fingerprint density at radius 1 is 1.47 bits per heavy atom.